The zero-order chi connectivity index (χ0) is 21.8. The Morgan fingerprint density at radius 3 is 2.77 bits per heavy atom. The van der Waals surface area contributed by atoms with Crippen molar-refractivity contribution in [3.05, 3.63) is 60.0 Å². The summed E-state index contributed by atoms with van der Waals surface area (Å²) in [5, 5.41) is 6.80. The number of methoxy groups -OCH3 is 2. The first-order valence-electron chi connectivity index (χ1n) is 10.00. The van der Waals surface area contributed by atoms with E-state index in [1.165, 1.54) is 0 Å². The van der Waals surface area contributed by atoms with E-state index in [4.69, 9.17) is 14.0 Å². The van der Waals surface area contributed by atoms with Crippen LogP contribution in [0.2, 0.25) is 0 Å². The minimum Gasteiger partial charge on any atom is -0.497 e. The molecule has 0 radical (unpaired) electrons. The largest absolute Gasteiger partial charge is 0.497 e. The van der Waals surface area contributed by atoms with Crippen molar-refractivity contribution in [3.8, 4) is 22.8 Å². The van der Waals surface area contributed by atoms with Crippen molar-refractivity contribution >= 4 is 16.9 Å². The predicted molar refractivity (Wildman–Crippen MR) is 116 cm³/mol. The van der Waals surface area contributed by atoms with E-state index in [1.807, 2.05) is 25.1 Å². The molecule has 4 rings (SSSR count). The molecule has 2 aromatic carbocycles. The van der Waals surface area contributed by atoms with Gasteiger partial charge in [-0.2, -0.15) is 0 Å². The number of hydrogen-bond donors (Lipinski definition) is 1. The average molecular weight is 420 g/mol. The maximum absolute atomic E-state index is 12.5. The van der Waals surface area contributed by atoms with Crippen LogP contribution in [0.25, 0.3) is 22.4 Å². The summed E-state index contributed by atoms with van der Waals surface area (Å²) in [7, 11) is 3.15. The third-order valence-electron chi connectivity index (χ3n) is 5.10. The molecule has 160 valence electrons. The van der Waals surface area contributed by atoms with Crippen molar-refractivity contribution in [3.63, 3.8) is 0 Å². The predicted octanol–water partition coefficient (Wildman–Crippen LogP) is 3.84. The minimum absolute atomic E-state index is 0.212. The highest BCUT2D eigenvalue weighted by atomic mass is 16.5. The summed E-state index contributed by atoms with van der Waals surface area (Å²) in [6.07, 6.45) is 0.765. The van der Waals surface area contributed by atoms with Crippen LogP contribution in [0.15, 0.2) is 53.1 Å². The Balaban J connectivity index is 1.38. The molecule has 31 heavy (non-hydrogen) atoms. The number of nitrogens with one attached hydrogen (secondary N) is 1. The van der Waals surface area contributed by atoms with E-state index >= 15 is 0 Å². The van der Waals surface area contributed by atoms with Gasteiger partial charge in [0.15, 0.2) is 11.5 Å². The van der Waals surface area contributed by atoms with E-state index in [0.717, 1.165) is 29.8 Å². The van der Waals surface area contributed by atoms with Crippen molar-refractivity contribution in [1.82, 2.24) is 20.0 Å². The van der Waals surface area contributed by atoms with Crippen LogP contribution in [0.1, 0.15) is 22.7 Å². The van der Waals surface area contributed by atoms with Gasteiger partial charge < -0.3 is 23.9 Å². The Morgan fingerprint density at radius 2 is 1.97 bits per heavy atom. The standard InChI is InChI=1S/C23H24N4O4/c1-15-25-18-7-4-5-8-20(18)27(15)12-6-11-24-23(28)19-14-22(31-26-19)17-13-16(29-2)9-10-21(17)30-3/h4-5,7-10,13-14H,6,11-12H2,1-3H3,(H,24,28). The van der Waals surface area contributed by atoms with Gasteiger partial charge in [-0.3, -0.25) is 4.79 Å². The molecule has 0 unspecified atom stereocenters. The number of amides is 1. The summed E-state index contributed by atoms with van der Waals surface area (Å²) in [6, 6.07) is 15.0. The second-order valence-corrected chi connectivity index (χ2v) is 7.05. The van der Waals surface area contributed by atoms with Crippen LogP contribution in [-0.2, 0) is 6.54 Å². The van der Waals surface area contributed by atoms with Crippen molar-refractivity contribution in [2.24, 2.45) is 0 Å². The number of aromatic nitrogens is 3. The normalized spacial score (nSPS) is 10.9. The fraction of sp³-hybridized carbons (Fsp3) is 0.261. The Bertz CT molecular complexity index is 1210. The molecule has 1 amide bonds. The highest BCUT2D eigenvalue weighted by Crippen LogP contribution is 2.33. The van der Waals surface area contributed by atoms with E-state index in [-0.39, 0.29) is 11.6 Å². The zero-order valence-electron chi connectivity index (χ0n) is 17.7. The molecule has 0 spiro atoms. The fourth-order valence-corrected chi connectivity index (χ4v) is 3.52. The van der Waals surface area contributed by atoms with Gasteiger partial charge in [0.05, 0.1) is 30.8 Å². The molecule has 0 saturated carbocycles. The Kier molecular flexibility index (Phi) is 5.88. The minimum atomic E-state index is -0.288. The number of para-hydroxylation sites is 2. The Labute approximate surface area is 179 Å². The van der Waals surface area contributed by atoms with E-state index in [1.54, 1.807) is 38.5 Å². The van der Waals surface area contributed by atoms with E-state index in [0.29, 0.717) is 29.4 Å². The molecule has 8 heteroatoms. The first-order valence-corrected chi connectivity index (χ1v) is 10.00. The topological polar surface area (TPSA) is 91.4 Å². The van der Waals surface area contributed by atoms with Gasteiger partial charge in [0.1, 0.15) is 17.3 Å². The maximum atomic E-state index is 12.5. The molecule has 0 aliphatic rings. The summed E-state index contributed by atoms with van der Waals surface area (Å²) in [5.41, 5.74) is 2.95. The van der Waals surface area contributed by atoms with E-state index in [9.17, 15) is 4.79 Å². The molecule has 2 aromatic heterocycles. The number of fused-ring (bicyclic) bond motifs is 1. The number of benzene rings is 2. The number of ether oxygens (including phenoxy) is 2. The molecule has 0 aliphatic carbocycles. The quantitative estimate of drug-likeness (QED) is 0.436. The lowest BCUT2D eigenvalue weighted by Gasteiger charge is -2.07. The third-order valence-corrected chi connectivity index (χ3v) is 5.10. The van der Waals surface area contributed by atoms with E-state index in [2.05, 4.69) is 26.1 Å². The van der Waals surface area contributed by atoms with Gasteiger partial charge in [-0.15, -0.1) is 0 Å². The Morgan fingerprint density at radius 1 is 1.13 bits per heavy atom. The molecule has 0 aliphatic heterocycles. The lowest BCUT2D eigenvalue weighted by atomic mass is 10.1. The van der Waals surface area contributed by atoms with Crippen LogP contribution in [-0.4, -0.2) is 41.4 Å². The number of carbonyl (C=O) groups is 1. The summed E-state index contributed by atoms with van der Waals surface area (Å²) >= 11 is 0. The first-order chi connectivity index (χ1) is 15.1. The van der Waals surface area contributed by atoms with Gasteiger partial charge in [-0.1, -0.05) is 17.3 Å². The Hall–Kier alpha value is -3.81. The van der Waals surface area contributed by atoms with Gasteiger partial charge >= 0.3 is 0 Å². The van der Waals surface area contributed by atoms with Gasteiger partial charge in [-0.05, 0) is 43.7 Å². The summed E-state index contributed by atoms with van der Waals surface area (Å²) in [6.45, 7) is 3.26. The second-order valence-electron chi connectivity index (χ2n) is 7.05. The molecule has 0 saturated heterocycles. The molecular formula is C23H24N4O4. The third kappa shape index (κ3) is 4.23. The molecule has 8 nitrogen and oxygen atoms in total. The molecule has 2 heterocycles. The number of hydrogen-bond acceptors (Lipinski definition) is 6. The van der Waals surface area contributed by atoms with Crippen molar-refractivity contribution in [2.75, 3.05) is 20.8 Å². The summed E-state index contributed by atoms with van der Waals surface area (Å²) in [5.74, 6) is 2.36. The smallest absolute Gasteiger partial charge is 0.273 e. The first kappa shape index (κ1) is 20.5. The second kappa shape index (κ2) is 8.91. The van der Waals surface area contributed by atoms with Crippen LogP contribution >= 0.6 is 0 Å². The van der Waals surface area contributed by atoms with E-state index < -0.39 is 0 Å². The maximum Gasteiger partial charge on any atom is 0.273 e. The highest BCUT2D eigenvalue weighted by Gasteiger charge is 2.17. The van der Waals surface area contributed by atoms with Crippen LogP contribution < -0.4 is 14.8 Å². The summed E-state index contributed by atoms with van der Waals surface area (Å²) in [4.78, 5) is 17.1. The van der Waals surface area contributed by atoms with Gasteiger partial charge in [0.25, 0.3) is 5.91 Å². The number of aryl methyl sites for hydroxylation is 2. The SMILES string of the molecule is COc1ccc(OC)c(-c2cc(C(=O)NCCCn3c(C)nc4ccccc43)no2)c1. The molecule has 0 bridgehead atoms. The van der Waals surface area contributed by atoms with Crippen molar-refractivity contribution in [1.29, 1.82) is 0 Å². The van der Waals surface area contributed by atoms with Crippen LogP contribution in [0.3, 0.4) is 0 Å². The monoisotopic (exact) mass is 420 g/mol. The van der Waals surface area contributed by atoms with Gasteiger partial charge in [0.2, 0.25) is 0 Å². The zero-order valence-corrected chi connectivity index (χ0v) is 17.7. The van der Waals surface area contributed by atoms with Crippen LogP contribution in [0, 0.1) is 6.92 Å². The number of imidazole rings is 1. The highest BCUT2D eigenvalue weighted by molar-refractivity contribution is 5.93. The van der Waals surface area contributed by atoms with Crippen molar-refractivity contribution in [2.45, 2.75) is 19.9 Å². The molecule has 0 fully saturated rings. The average Bonchev–Trinajstić information content (AvgIpc) is 3.41. The number of carbonyl (C=O) groups excluding carboxylic acids is 1. The molecule has 4 aromatic rings. The molecule has 0 atom stereocenters. The van der Waals surface area contributed by atoms with Crippen LogP contribution in [0.5, 0.6) is 11.5 Å². The number of rotatable bonds is 8. The van der Waals surface area contributed by atoms with Gasteiger partial charge in [-0.25, -0.2) is 4.98 Å². The molecule has 1 N–H and O–H groups in total. The number of nitrogens with zero attached hydrogens (tertiary/aromatic N) is 3. The fourth-order valence-electron chi connectivity index (χ4n) is 3.52. The summed E-state index contributed by atoms with van der Waals surface area (Å²) < 4.78 is 18.2. The van der Waals surface area contributed by atoms with Crippen molar-refractivity contribution < 1.29 is 18.8 Å². The van der Waals surface area contributed by atoms with Crippen LogP contribution in [0.4, 0.5) is 0 Å². The lowest BCUT2D eigenvalue weighted by molar-refractivity contribution is 0.0944. The van der Waals surface area contributed by atoms with Gasteiger partial charge in [0, 0.05) is 19.2 Å². The molecular weight excluding hydrogens is 396 g/mol. The lowest BCUT2D eigenvalue weighted by Crippen LogP contribution is -2.25.